The number of amides is 9. The van der Waals surface area contributed by atoms with Crippen LogP contribution in [0.3, 0.4) is 0 Å². The number of nitrogens with zero attached hydrogens (tertiary/aromatic N) is 3. The van der Waals surface area contributed by atoms with Gasteiger partial charge in [-0.1, -0.05) is 20.3 Å². The van der Waals surface area contributed by atoms with Crippen molar-refractivity contribution in [2.45, 2.75) is 127 Å². The predicted molar refractivity (Wildman–Crippen MR) is 254 cm³/mol. The minimum Gasteiger partial charge on any atom is -0.481 e. The van der Waals surface area contributed by atoms with Gasteiger partial charge in [-0.15, -0.1) is 0 Å². The van der Waals surface area contributed by atoms with E-state index in [9.17, 15) is 72.9 Å². The Hall–Kier alpha value is -7.90. The number of nitrogens with two attached hydrogens (primary N) is 5. The average Bonchev–Trinajstić information content (AvgIpc) is 3.82. The highest BCUT2D eigenvalue weighted by Gasteiger charge is 2.40. The van der Waals surface area contributed by atoms with E-state index in [4.69, 9.17) is 33.8 Å². The van der Waals surface area contributed by atoms with Crippen molar-refractivity contribution < 1.29 is 78.0 Å². The lowest BCUT2D eigenvalue weighted by Crippen LogP contribution is -2.60. The number of carbonyl (C=O) groups is 12. The molecule has 0 unspecified atom stereocenters. The lowest BCUT2D eigenvalue weighted by molar-refractivity contribution is -0.146. The molecule has 0 radical (unpaired) electrons. The number of aliphatic hydroxyl groups excluding tert-OH is 1. The summed E-state index contributed by atoms with van der Waals surface area (Å²) < 4.78 is 0. The third kappa shape index (κ3) is 23.7. The van der Waals surface area contributed by atoms with Crippen LogP contribution in [-0.2, 0) is 57.5 Å². The topological polar surface area (TPSA) is 540 Å². The normalized spacial score (nSPS) is 16.1. The Balaban J connectivity index is 3.16. The van der Waals surface area contributed by atoms with Crippen molar-refractivity contribution >= 4 is 83.0 Å². The van der Waals surface area contributed by atoms with Gasteiger partial charge < -0.3 is 96.5 Å². The van der Waals surface area contributed by atoms with E-state index < -0.39 is 158 Å². The molecule has 410 valence electrons. The molecule has 9 atom stereocenters. The molecule has 0 saturated carbocycles. The second-order valence-electron chi connectivity index (χ2n) is 16.8. The summed E-state index contributed by atoms with van der Waals surface area (Å²) in [7, 11) is 0. The molecule has 0 aromatic carbocycles. The van der Waals surface area contributed by atoms with Crippen LogP contribution in [0.1, 0.15) is 78.6 Å². The van der Waals surface area contributed by atoms with Gasteiger partial charge in [-0.2, -0.15) is 0 Å². The quantitative estimate of drug-likeness (QED) is 0.0165. The van der Waals surface area contributed by atoms with Crippen molar-refractivity contribution in [2.75, 3.05) is 39.3 Å². The second kappa shape index (κ2) is 32.1. The largest absolute Gasteiger partial charge is 0.481 e. The fourth-order valence-corrected chi connectivity index (χ4v) is 6.87. The van der Waals surface area contributed by atoms with Crippen LogP contribution in [0.25, 0.3) is 0 Å². The number of aliphatic hydroxyl groups is 1. The minimum atomic E-state index is -1.90. The molecule has 0 aromatic heterocycles. The summed E-state index contributed by atoms with van der Waals surface area (Å²) >= 11 is 0. The lowest BCUT2D eigenvalue weighted by atomic mass is 9.97. The number of aliphatic imine (C=N–C) groups is 2. The van der Waals surface area contributed by atoms with Crippen LogP contribution in [-0.4, -0.2) is 196 Å². The van der Waals surface area contributed by atoms with Gasteiger partial charge in [-0.05, 0) is 51.4 Å². The molecule has 1 aliphatic rings. The van der Waals surface area contributed by atoms with Gasteiger partial charge in [-0.25, -0.2) is 0 Å². The summed E-state index contributed by atoms with van der Waals surface area (Å²) in [5, 5.41) is 56.0. The first kappa shape index (κ1) is 63.1. The Morgan fingerprint density at radius 1 is 0.616 bits per heavy atom. The standard InChI is InChI=1S/C41H70N16O16/c1-4-19(2)31(38(72)51-20(3)32(66)50-17-30(64)65)56-35(69)23(14-28(60)61)54-36(70)25(18-58)52-27(59)16-49-34(68)22(9-6-12-48-41(45)46)53-37(71)26-10-7-13-57(26)39(73)24(15-29(62)63)55-33(67)21(42)8-5-11-47-40(43)44/h19-26,31,58H,4-18,42H2,1-3H3,(H,49,68)(H,50,66)(H,51,72)(H,52,59)(H,53,71)(H,54,70)(H,55,67)(H,56,69)(H,60,61)(H,62,63)(H,64,65)(H4,43,44,47)(H4,45,46,48)/t19-,20-,21-,22-,23-,24-,25-,26-,31-/m0/s1. The van der Waals surface area contributed by atoms with Gasteiger partial charge in [0, 0.05) is 19.6 Å². The predicted octanol–water partition coefficient (Wildman–Crippen LogP) is -8.35. The number of carboxylic acid groups (broad SMARTS) is 3. The third-order valence-corrected chi connectivity index (χ3v) is 10.9. The molecule has 1 saturated heterocycles. The van der Waals surface area contributed by atoms with Crippen molar-refractivity contribution in [1.29, 1.82) is 0 Å². The number of likely N-dealkylation sites (tertiary alicyclic amines) is 1. The number of hydrogen-bond donors (Lipinski definition) is 17. The summed E-state index contributed by atoms with van der Waals surface area (Å²) in [4.78, 5) is 162. The van der Waals surface area contributed by atoms with Crippen LogP contribution in [0, 0.1) is 5.92 Å². The maximum Gasteiger partial charge on any atom is 0.322 e. The highest BCUT2D eigenvalue weighted by Crippen LogP contribution is 2.20. The molecule has 1 aliphatic heterocycles. The van der Waals surface area contributed by atoms with E-state index in [2.05, 4.69) is 52.5 Å². The van der Waals surface area contributed by atoms with Crippen LogP contribution < -0.4 is 71.2 Å². The summed E-state index contributed by atoms with van der Waals surface area (Å²) in [5.74, 6) is -14.4. The molecule has 9 amide bonds. The average molecular weight is 1040 g/mol. The molecule has 0 spiro atoms. The molecule has 73 heavy (non-hydrogen) atoms. The maximum absolute atomic E-state index is 13.8. The zero-order chi connectivity index (χ0) is 55.5. The highest BCUT2D eigenvalue weighted by atomic mass is 16.4. The molecular formula is C41H70N16O16. The van der Waals surface area contributed by atoms with Crippen LogP contribution in [0.5, 0.6) is 0 Å². The van der Waals surface area contributed by atoms with Crippen molar-refractivity contribution in [3.05, 3.63) is 0 Å². The Kier molecular flexibility index (Phi) is 27.8. The molecule has 0 aliphatic carbocycles. The summed E-state index contributed by atoms with van der Waals surface area (Å²) in [5.41, 5.74) is 27.3. The Bertz CT molecular complexity index is 2050. The van der Waals surface area contributed by atoms with Crippen LogP contribution >= 0.6 is 0 Å². The Morgan fingerprint density at radius 2 is 1.16 bits per heavy atom. The lowest BCUT2D eigenvalue weighted by Gasteiger charge is -2.30. The van der Waals surface area contributed by atoms with E-state index in [1.807, 2.05) is 0 Å². The number of hydrogen-bond acceptors (Lipinski definition) is 16. The van der Waals surface area contributed by atoms with E-state index in [0.29, 0.717) is 0 Å². The number of rotatable bonds is 33. The monoisotopic (exact) mass is 1040 g/mol. The molecule has 0 bridgehead atoms. The van der Waals surface area contributed by atoms with Gasteiger partial charge >= 0.3 is 17.9 Å². The fraction of sp³-hybridized carbons (Fsp3) is 0.659. The number of carbonyl (C=O) groups excluding carboxylic acids is 9. The zero-order valence-electron chi connectivity index (χ0n) is 40.7. The van der Waals surface area contributed by atoms with Gasteiger partial charge in [0.1, 0.15) is 48.8 Å². The van der Waals surface area contributed by atoms with E-state index in [-0.39, 0.29) is 76.5 Å². The van der Waals surface area contributed by atoms with Gasteiger partial charge in [0.05, 0.1) is 32.0 Å². The van der Waals surface area contributed by atoms with E-state index in [1.165, 1.54) is 6.92 Å². The van der Waals surface area contributed by atoms with Crippen molar-refractivity contribution in [2.24, 2.45) is 44.6 Å². The molecule has 32 nitrogen and oxygen atoms in total. The molecule has 1 rings (SSSR count). The van der Waals surface area contributed by atoms with E-state index in [1.54, 1.807) is 13.8 Å². The van der Waals surface area contributed by atoms with Crippen molar-refractivity contribution in [1.82, 2.24) is 47.4 Å². The minimum absolute atomic E-state index is 0.0166. The first-order valence-electron chi connectivity index (χ1n) is 23.0. The molecule has 32 heteroatoms. The van der Waals surface area contributed by atoms with Gasteiger partial charge in [0.2, 0.25) is 53.2 Å². The molecule has 22 N–H and O–H groups in total. The maximum atomic E-state index is 13.8. The fourth-order valence-electron chi connectivity index (χ4n) is 6.87. The summed E-state index contributed by atoms with van der Waals surface area (Å²) in [6.45, 7) is 1.79. The Labute approximate surface area is 418 Å². The zero-order valence-corrected chi connectivity index (χ0v) is 40.7. The van der Waals surface area contributed by atoms with Crippen molar-refractivity contribution in [3.63, 3.8) is 0 Å². The number of aliphatic carboxylic acids is 3. The van der Waals surface area contributed by atoms with Gasteiger partial charge in [0.15, 0.2) is 11.9 Å². The Morgan fingerprint density at radius 3 is 1.71 bits per heavy atom. The van der Waals surface area contributed by atoms with Crippen molar-refractivity contribution in [3.8, 4) is 0 Å². The van der Waals surface area contributed by atoms with Crippen LogP contribution in [0.2, 0.25) is 0 Å². The van der Waals surface area contributed by atoms with Crippen LogP contribution in [0.4, 0.5) is 0 Å². The number of nitrogens with one attached hydrogen (secondary N) is 8. The highest BCUT2D eigenvalue weighted by molar-refractivity contribution is 5.99. The van der Waals surface area contributed by atoms with Gasteiger partial charge in [0.25, 0.3) is 0 Å². The van der Waals surface area contributed by atoms with E-state index in [0.717, 1.165) is 4.90 Å². The third-order valence-electron chi connectivity index (χ3n) is 10.9. The molecule has 0 aromatic rings. The molecule has 1 fully saturated rings. The van der Waals surface area contributed by atoms with Gasteiger partial charge in [-0.3, -0.25) is 67.5 Å². The second-order valence-corrected chi connectivity index (χ2v) is 16.8. The first-order valence-corrected chi connectivity index (χ1v) is 23.0. The number of carboxylic acids is 3. The summed E-state index contributed by atoms with van der Waals surface area (Å²) in [6, 6.07) is -11.9. The van der Waals surface area contributed by atoms with Crippen LogP contribution in [0.15, 0.2) is 9.98 Å². The SMILES string of the molecule is CC[C@H](C)[C@H](NC(=O)[C@H](CC(=O)O)NC(=O)[C@H](CO)NC(=O)CNC(=O)[C@H](CCCN=C(N)N)NC(=O)[C@@H]1CCCN1C(=O)[C@H](CC(=O)O)NC(=O)[C@@H](N)CCCN=C(N)N)C(=O)N[C@@H](C)C(=O)NCC(=O)O. The van der Waals surface area contributed by atoms with E-state index >= 15 is 0 Å². The summed E-state index contributed by atoms with van der Waals surface area (Å²) in [6.07, 6.45) is -1.04. The number of guanidine groups is 2. The first-order chi connectivity index (χ1) is 34.2. The molecular weight excluding hydrogens is 973 g/mol. The smallest absolute Gasteiger partial charge is 0.322 e. The molecule has 1 heterocycles.